The average Bonchev–Trinajstić information content (AvgIpc) is 2.79. The van der Waals surface area contributed by atoms with Crippen LogP contribution in [0.4, 0.5) is 0 Å². The zero-order valence-corrected chi connectivity index (χ0v) is 12.3. The molecule has 5 heteroatoms. The van der Waals surface area contributed by atoms with Gasteiger partial charge in [0.25, 0.3) is 0 Å². The van der Waals surface area contributed by atoms with Crippen molar-refractivity contribution in [2.45, 2.75) is 58.2 Å². The van der Waals surface area contributed by atoms with Gasteiger partial charge in [-0.05, 0) is 33.4 Å². The van der Waals surface area contributed by atoms with E-state index < -0.39 is 0 Å². The normalized spacial score (nSPS) is 14.2. The van der Waals surface area contributed by atoms with Crippen LogP contribution in [0.15, 0.2) is 6.20 Å². The molecular weight excluding hydrogens is 226 g/mol. The number of hydrogen-bond acceptors (Lipinski definition) is 4. The summed E-state index contributed by atoms with van der Waals surface area (Å²) in [4.78, 5) is 2.24. The molecule has 0 aliphatic carbocycles. The van der Waals surface area contributed by atoms with Crippen molar-refractivity contribution in [3.63, 3.8) is 0 Å². The average molecular weight is 253 g/mol. The molecule has 0 bridgehead atoms. The van der Waals surface area contributed by atoms with Crippen molar-refractivity contribution in [1.29, 1.82) is 0 Å². The number of nitrogens with zero attached hydrogens (tertiary/aromatic N) is 4. The van der Waals surface area contributed by atoms with E-state index in [-0.39, 0.29) is 11.6 Å². The van der Waals surface area contributed by atoms with Crippen molar-refractivity contribution in [3.05, 3.63) is 11.9 Å². The lowest BCUT2D eigenvalue weighted by Gasteiger charge is -2.43. The number of rotatable bonds is 7. The lowest BCUT2D eigenvalue weighted by molar-refractivity contribution is 0.102. The molecule has 0 aromatic carbocycles. The highest BCUT2D eigenvalue weighted by atomic mass is 15.4. The van der Waals surface area contributed by atoms with E-state index in [1.54, 1.807) is 0 Å². The summed E-state index contributed by atoms with van der Waals surface area (Å²) >= 11 is 0. The molecule has 0 radical (unpaired) electrons. The number of aromatic nitrogens is 3. The summed E-state index contributed by atoms with van der Waals surface area (Å²) < 4.78 is 1.94. The topological polar surface area (TPSA) is 60.0 Å². The molecule has 0 spiro atoms. The van der Waals surface area contributed by atoms with Crippen molar-refractivity contribution in [1.82, 2.24) is 19.9 Å². The number of likely N-dealkylation sites (N-methyl/N-ethyl adjacent to an activating group) is 1. The minimum Gasteiger partial charge on any atom is -0.321 e. The van der Waals surface area contributed by atoms with Gasteiger partial charge in [-0.15, -0.1) is 5.10 Å². The van der Waals surface area contributed by atoms with Crippen molar-refractivity contribution in [3.8, 4) is 0 Å². The first-order valence-corrected chi connectivity index (χ1v) is 6.84. The largest absolute Gasteiger partial charge is 0.321 e. The van der Waals surface area contributed by atoms with E-state index in [2.05, 4.69) is 50.1 Å². The Bertz CT molecular complexity index is 354. The lowest BCUT2D eigenvalue weighted by Crippen LogP contribution is -2.52. The smallest absolute Gasteiger partial charge is 0.0773 e. The van der Waals surface area contributed by atoms with Crippen LogP contribution in [0.25, 0.3) is 0 Å². The number of aryl methyl sites for hydroxylation is 1. The Morgan fingerprint density at radius 3 is 2.39 bits per heavy atom. The van der Waals surface area contributed by atoms with Crippen molar-refractivity contribution in [2.24, 2.45) is 5.73 Å². The van der Waals surface area contributed by atoms with E-state index in [0.29, 0.717) is 0 Å². The molecule has 1 heterocycles. The van der Waals surface area contributed by atoms with Gasteiger partial charge in [0.15, 0.2) is 0 Å². The third kappa shape index (κ3) is 2.57. The van der Waals surface area contributed by atoms with Crippen LogP contribution in [0.1, 0.15) is 51.8 Å². The van der Waals surface area contributed by atoms with E-state index >= 15 is 0 Å². The summed E-state index contributed by atoms with van der Waals surface area (Å²) in [5, 5.41) is 8.15. The highest BCUT2D eigenvalue weighted by Crippen LogP contribution is 2.33. The van der Waals surface area contributed by atoms with Gasteiger partial charge in [-0.2, -0.15) is 0 Å². The predicted molar refractivity (Wildman–Crippen MR) is 74.2 cm³/mol. The van der Waals surface area contributed by atoms with Crippen LogP contribution in [0.5, 0.6) is 0 Å². The first-order valence-electron chi connectivity index (χ1n) is 6.84. The summed E-state index contributed by atoms with van der Waals surface area (Å²) in [5.74, 6) is 0. The lowest BCUT2D eigenvalue weighted by atomic mass is 9.82. The summed E-state index contributed by atoms with van der Waals surface area (Å²) in [6, 6.07) is -0.0657. The van der Waals surface area contributed by atoms with Gasteiger partial charge in [-0.1, -0.05) is 26.0 Å². The van der Waals surface area contributed by atoms with Crippen molar-refractivity contribution in [2.75, 3.05) is 14.1 Å². The fourth-order valence-corrected chi connectivity index (χ4v) is 2.77. The Kier molecular flexibility index (Phi) is 5.28. The minimum absolute atomic E-state index is 0.0345. The predicted octanol–water partition coefficient (Wildman–Crippen LogP) is 1.81. The molecule has 5 nitrogen and oxygen atoms in total. The van der Waals surface area contributed by atoms with Crippen LogP contribution in [-0.4, -0.2) is 39.5 Å². The SMILES string of the molecule is CCCn1nncc1C(N)C(CC)(CC)N(C)C. The zero-order valence-electron chi connectivity index (χ0n) is 12.3. The van der Waals surface area contributed by atoms with Gasteiger partial charge in [0.05, 0.1) is 17.9 Å². The van der Waals surface area contributed by atoms with Gasteiger partial charge in [-0.3, -0.25) is 0 Å². The van der Waals surface area contributed by atoms with Crippen LogP contribution in [0.2, 0.25) is 0 Å². The Morgan fingerprint density at radius 1 is 1.33 bits per heavy atom. The minimum atomic E-state index is -0.0657. The summed E-state index contributed by atoms with van der Waals surface area (Å²) in [7, 11) is 4.20. The van der Waals surface area contributed by atoms with E-state index in [4.69, 9.17) is 5.73 Å². The molecule has 1 aromatic rings. The molecule has 0 aliphatic rings. The molecule has 0 saturated heterocycles. The van der Waals surface area contributed by atoms with Gasteiger partial charge in [0, 0.05) is 12.1 Å². The Labute approximate surface area is 110 Å². The molecule has 1 unspecified atom stereocenters. The van der Waals surface area contributed by atoms with Crippen LogP contribution >= 0.6 is 0 Å². The van der Waals surface area contributed by atoms with Gasteiger partial charge >= 0.3 is 0 Å². The fourth-order valence-electron chi connectivity index (χ4n) is 2.77. The molecule has 18 heavy (non-hydrogen) atoms. The fraction of sp³-hybridized carbons (Fsp3) is 0.846. The molecule has 0 aliphatic heterocycles. The summed E-state index contributed by atoms with van der Waals surface area (Å²) in [5.41, 5.74) is 7.53. The molecule has 0 saturated carbocycles. The molecule has 1 aromatic heterocycles. The maximum atomic E-state index is 6.53. The van der Waals surface area contributed by atoms with Crippen LogP contribution in [-0.2, 0) is 6.54 Å². The van der Waals surface area contributed by atoms with Crippen LogP contribution < -0.4 is 5.73 Å². The Balaban J connectivity index is 3.09. The second-order valence-corrected chi connectivity index (χ2v) is 5.06. The van der Waals surface area contributed by atoms with Gasteiger partial charge in [0.2, 0.25) is 0 Å². The first-order chi connectivity index (χ1) is 8.53. The second-order valence-electron chi connectivity index (χ2n) is 5.06. The van der Waals surface area contributed by atoms with Crippen LogP contribution in [0, 0.1) is 0 Å². The molecule has 0 amide bonds. The number of nitrogens with two attached hydrogens (primary N) is 1. The third-order valence-corrected chi connectivity index (χ3v) is 4.10. The van der Waals surface area contributed by atoms with Gasteiger partial charge in [0.1, 0.15) is 0 Å². The zero-order chi connectivity index (χ0) is 13.8. The standard InChI is InChI=1S/C13H27N5/c1-6-9-18-11(10-15-16-18)12(14)13(7-2,8-3)17(4)5/h10,12H,6-9,14H2,1-5H3. The molecule has 104 valence electrons. The summed E-state index contributed by atoms with van der Waals surface area (Å²) in [6.07, 6.45) is 4.87. The van der Waals surface area contributed by atoms with Crippen LogP contribution in [0.3, 0.4) is 0 Å². The molecule has 0 fully saturated rings. The first kappa shape index (κ1) is 15.1. The molecular formula is C13H27N5. The molecule has 1 atom stereocenters. The number of hydrogen-bond donors (Lipinski definition) is 1. The second kappa shape index (κ2) is 6.29. The highest BCUT2D eigenvalue weighted by Gasteiger charge is 2.38. The Morgan fingerprint density at radius 2 is 1.94 bits per heavy atom. The van der Waals surface area contributed by atoms with Crippen molar-refractivity contribution < 1.29 is 0 Å². The van der Waals surface area contributed by atoms with E-state index in [1.807, 2.05) is 10.9 Å². The third-order valence-electron chi connectivity index (χ3n) is 4.10. The van der Waals surface area contributed by atoms with E-state index in [0.717, 1.165) is 31.5 Å². The van der Waals surface area contributed by atoms with Crippen molar-refractivity contribution >= 4 is 0 Å². The van der Waals surface area contributed by atoms with Gasteiger partial charge in [-0.25, -0.2) is 4.68 Å². The maximum absolute atomic E-state index is 6.53. The molecule has 1 rings (SSSR count). The molecule has 2 N–H and O–H groups in total. The quantitative estimate of drug-likeness (QED) is 0.805. The maximum Gasteiger partial charge on any atom is 0.0773 e. The van der Waals surface area contributed by atoms with E-state index in [1.165, 1.54) is 0 Å². The highest BCUT2D eigenvalue weighted by molar-refractivity contribution is 5.11. The summed E-state index contributed by atoms with van der Waals surface area (Å²) in [6.45, 7) is 7.39. The van der Waals surface area contributed by atoms with Gasteiger partial charge < -0.3 is 10.6 Å². The Hall–Kier alpha value is -0.940. The van der Waals surface area contributed by atoms with E-state index in [9.17, 15) is 0 Å². The monoisotopic (exact) mass is 253 g/mol.